The fraction of sp³-hybridized carbons (Fsp3) is 0.429. The third-order valence-electron chi connectivity index (χ3n) is 2.26. The Morgan fingerprint density at radius 2 is 1.23 bits per heavy atom. The van der Waals surface area contributed by atoms with Crippen LogP contribution in [0.5, 0.6) is 0 Å². The van der Waals surface area contributed by atoms with Gasteiger partial charge in [-0.25, -0.2) is 4.79 Å². The Bertz CT molecular complexity index is 560. The number of hydrogen-bond acceptors (Lipinski definition) is 7. The topological polar surface area (TPSA) is 136 Å². The van der Waals surface area contributed by atoms with Gasteiger partial charge < -0.3 is 32.8 Å². The van der Waals surface area contributed by atoms with Crippen molar-refractivity contribution in [3.8, 4) is 0 Å². The molecule has 0 spiro atoms. The minimum Gasteiger partial charge on any atom is -0.545 e. The van der Waals surface area contributed by atoms with Crippen molar-refractivity contribution in [1.29, 1.82) is 0 Å². The zero-order chi connectivity index (χ0) is 20.1. The molecule has 0 aromatic heterocycles. The molecule has 0 saturated carbocycles. The fourth-order valence-corrected chi connectivity index (χ4v) is 8.59. The molecular formula is C14H25KO8Si3. The summed E-state index contributed by atoms with van der Waals surface area (Å²) in [6.07, 6.45) is 0. The van der Waals surface area contributed by atoms with Crippen LogP contribution in [0.3, 0.4) is 0 Å². The van der Waals surface area contributed by atoms with Crippen molar-refractivity contribution >= 4 is 37.6 Å². The number of carboxylic acid groups (broad SMARTS) is 2. The molecule has 1 rings (SSSR count). The quantitative estimate of drug-likeness (QED) is 0.423. The minimum atomic E-state index is -3.85. The minimum absolute atomic E-state index is 0. The Kier molecular flexibility index (Phi) is 12.4. The van der Waals surface area contributed by atoms with Gasteiger partial charge in [-0.1, -0.05) is 18.2 Å². The number of carbonyl (C=O) groups is 2. The van der Waals surface area contributed by atoms with E-state index in [1.165, 1.54) is 24.3 Å². The van der Waals surface area contributed by atoms with Crippen LogP contribution in [0.15, 0.2) is 24.3 Å². The molecule has 0 heterocycles. The maximum absolute atomic E-state index is 10.4. The van der Waals surface area contributed by atoms with Crippen molar-refractivity contribution in [3.05, 3.63) is 35.4 Å². The van der Waals surface area contributed by atoms with Gasteiger partial charge in [0, 0.05) is 5.56 Å². The molecule has 1 aromatic carbocycles. The van der Waals surface area contributed by atoms with Gasteiger partial charge in [0.25, 0.3) is 0 Å². The number of carbonyl (C=O) groups excluding carboxylic acids is 1. The first-order valence-corrected chi connectivity index (χ1v) is 16.0. The molecule has 0 unspecified atom stereocenters. The molecule has 0 amide bonds. The summed E-state index contributed by atoms with van der Waals surface area (Å²) in [6, 6.07) is 5.31. The predicted molar refractivity (Wildman–Crippen MR) is 96.8 cm³/mol. The molecule has 0 atom stereocenters. The number of aromatic carboxylic acids is 2. The van der Waals surface area contributed by atoms with Crippen molar-refractivity contribution < 1.29 is 89.0 Å². The van der Waals surface area contributed by atoms with Crippen LogP contribution < -0.4 is 56.5 Å². The molecule has 0 aliphatic rings. The molecule has 142 valence electrons. The average Bonchev–Trinajstić information content (AvgIpc) is 2.33. The zero-order valence-corrected chi connectivity index (χ0v) is 22.3. The van der Waals surface area contributed by atoms with Crippen LogP contribution in [0.25, 0.3) is 0 Å². The zero-order valence-electron chi connectivity index (χ0n) is 16.2. The molecule has 8 nitrogen and oxygen atoms in total. The maximum atomic E-state index is 10.4. The molecule has 0 aliphatic heterocycles. The van der Waals surface area contributed by atoms with E-state index in [1.807, 2.05) is 39.3 Å². The Hall–Kier alpha value is 0.287. The molecule has 0 aliphatic carbocycles. The van der Waals surface area contributed by atoms with Crippen molar-refractivity contribution in [2.24, 2.45) is 0 Å². The number of rotatable bonds is 6. The first-order valence-electron chi connectivity index (χ1n) is 7.43. The molecule has 26 heavy (non-hydrogen) atoms. The second kappa shape index (κ2) is 11.3. The van der Waals surface area contributed by atoms with Crippen LogP contribution in [0.2, 0.25) is 39.3 Å². The summed E-state index contributed by atoms with van der Waals surface area (Å²) in [7, 11) is -7.72. The van der Waals surface area contributed by atoms with Crippen LogP contribution in [0, 0.1) is 0 Å². The third kappa shape index (κ3) is 13.5. The Morgan fingerprint density at radius 1 is 0.885 bits per heavy atom. The first kappa shape index (κ1) is 28.5. The van der Waals surface area contributed by atoms with Crippen LogP contribution in [0.4, 0.5) is 0 Å². The average molecular weight is 445 g/mol. The van der Waals surface area contributed by atoms with Crippen molar-refractivity contribution in [1.82, 2.24) is 0 Å². The molecule has 0 fully saturated rings. The smallest absolute Gasteiger partial charge is 0.545 e. The van der Waals surface area contributed by atoms with Gasteiger partial charge in [0.15, 0.2) is 16.6 Å². The standard InChI is InChI=1S/C8H6O4.C6H20O4Si3.K/c9-7(10)5-3-1-2-4-6(5)8(11)12;1-11(2,3)9-13(7,8)10-12(4,5)6;/h1-4H,(H,9,10)(H,11,12);7-8H,1-6H3;/q;;+1/p-1. The van der Waals surface area contributed by atoms with Crippen LogP contribution in [-0.2, 0) is 8.23 Å². The second-order valence-corrected chi connectivity index (χ2v) is 18.3. The summed E-state index contributed by atoms with van der Waals surface area (Å²) in [5, 5.41) is 18.9. The summed E-state index contributed by atoms with van der Waals surface area (Å²) in [5.41, 5.74) is -0.553. The largest absolute Gasteiger partial charge is 1.00 e. The number of benzene rings is 1. The van der Waals surface area contributed by atoms with Gasteiger partial charge in [-0.15, -0.1) is 0 Å². The molecule has 0 radical (unpaired) electrons. The van der Waals surface area contributed by atoms with E-state index in [9.17, 15) is 24.3 Å². The Labute approximate surface area is 199 Å². The van der Waals surface area contributed by atoms with Gasteiger partial charge in [0.2, 0.25) is 0 Å². The van der Waals surface area contributed by atoms with E-state index >= 15 is 0 Å². The Balaban J connectivity index is 0. The molecule has 0 bridgehead atoms. The van der Waals surface area contributed by atoms with E-state index in [-0.39, 0.29) is 62.5 Å². The second-order valence-electron chi connectivity index (χ2n) is 7.12. The van der Waals surface area contributed by atoms with Gasteiger partial charge in [-0.05, 0) is 45.3 Å². The van der Waals surface area contributed by atoms with E-state index in [4.69, 9.17) is 13.3 Å². The van der Waals surface area contributed by atoms with Crippen molar-refractivity contribution in [2.45, 2.75) is 39.3 Å². The van der Waals surface area contributed by atoms with E-state index in [2.05, 4.69) is 0 Å². The van der Waals surface area contributed by atoms with Crippen molar-refractivity contribution in [3.63, 3.8) is 0 Å². The molecule has 12 heteroatoms. The van der Waals surface area contributed by atoms with Gasteiger partial charge >= 0.3 is 66.4 Å². The van der Waals surface area contributed by atoms with Gasteiger partial charge in [-0.3, -0.25) is 0 Å². The van der Waals surface area contributed by atoms with Gasteiger partial charge in [-0.2, -0.15) is 0 Å². The fourth-order valence-electron chi connectivity index (χ4n) is 1.67. The normalized spacial score (nSPS) is 11.7. The predicted octanol–water partition coefficient (Wildman–Crippen LogP) is -2.14. The van der Waals surface area contributed by atoms with Crippen LogP contribution in [-0.4, -0.2) is 52.3 Å². The number of carboxylic acids is 2. The maximum Gasteiger partial charge on any atom is 1.00 e. The van der Waals surface area contributed by atoms with Gasteiger partial charge in [0.1, 0.15) is 0 Å². The summed E-state index contributed by atoms with van der Waals surface area (Å²) < 4.78 is 10.4. The van der Waals surface area contributed by atoms with Gasteiger partial charge in [0.05, 0.1) is 11.5 Å². The van der Waals surface area contributed by atoms with E-state index in [0.717, 1.165) is 0 Å². The Morgan fingerprint density at radius 3 is 1.46 bits per heavy atom. The number of hydrogen-bond donors (Lipinski definition) is 3. The molecule has 1 aromatic rings. The van der Waals surface area contributed by atoms with Crippen molar-refractivity contribution in [2.75, 3.05) is 0 Å². The van der Waals surface area contributed by atoms with E-state index in [0.29, 0.717) is 0 Å². The summed E-state index contributed by atoms with van der Waals surface area (Å²) in [5.74, 6) is -2.75. The SMILES string of the molecule is C[Si](C)(C)O[Si](O)(O)O[Si](C)(C)C.O=C([O-])c1ccccc1C(=O)O.[K+]. The molecule has 3 N–H and O–H groups in total. The third-order valence-corrected chi connectivity index (χ3v) is 9.28. The molecular weight excluding hydrogens is 420 g/mol. The summed E-state index contributed by atoms with van der Waals surface area (Å²) in [6.45, 7) is 11.4. The van der Waals surface area contributed by atoms with E-state index in [1.54, 1.807) is 0 Å². The summed E-state index contributed by atoms with van der Waals surface area (Å²) in [4.78, 5) is 39.8. The summed E-state index contributed by atoms with van der Waals surface area (Å²) >= 11 is 0. The first-order chi connectivity index (χ1) is 11.0. The van der Waals surface area contributed by atoms with Crippen LogP contribution >= 0.6 is 0 Å². The monoisotopic (exact) mass is 444 g/mol. The molecule has 0 saturated heterocycles. The van der Waals surface area contributed by atoms with E-state index < -0.39 is 37.6 Å². The van der Waals surface area contributed by atoms with Crippen LogP contribution in [0.1, 0.15) is 20.7 Å².